The van der Waals surface area contributed by atoms with Gasteiger partial charge in [-0.25, -0.2) is 0 Å². The van der Waals surface area contributed by atoms with Gasteiger partial charge in [0.1, 0.15) is 0 Å². The fourth-order valence-electron chi connectivity index (χ4n) is 1.65. The largest absolute Gasteiger partial charge is 0.319 e. The first kappa shape index (κ1) is 10.4. The van der Waals surface area contributed by atoms with Crippen LogP contribution in [-0.4, -0.2) is 13.6 Å². The summed E-state index contributed by atoms with van der Waals surface area (Å²) in [6.07, 6.45) is 1.11. The Balaban J connectivity index is 2.25. The molecule has 0 unspecified atom stereocenters. The van der Waals surface area contributed by atoms with E-state index in [0.29, 0.717) is 0 Å². The van der Waals surface area contributed by atoms with Crippen molar-refractivity contribution < 1.29 is 0 Å². The van der Waals surface area contributed by atoms with Crippen LogP contribution in [0.3, 0.4) is 0 Å². The fraction of sp³-hybridized carbons (Fsp3) is 0.231. The van der Waals surface area contributed by atoms with E-state index in [4.69, 9.17) is 0 Å². The van der Waals surface area contributed by atoms with Crippen molar-refractivity contribution in [2.75, 3.05) is 13.6 Å². The Hall–Kier alpha value is -1.12. The summed E-state index contributed by atoms with van der Waals surface area (Å²) in [6.45, 7) is 1.04. The Labute approximate surface area is 94.8 Å². The molecule has 0 aliphatic heterocycles. The van der Waals surface area contributed by atoms with Gasteiger partial charge in [-0.3, -0.25) is 0 Å². The highest BCUT2D eigenvalue weighted by atomic mass is 32.1. The van der Waals surface area contributed by atoms with Crippen LogP contribution in [-0.2, 0) is 6.42 Å². The molecule has 1 aromatic heterocycles. The normalized spacial score (nSPS) is 10.5. The lowest BCUT2D eigenvalue weighted by Gasteiger charge is -2.03. The second-order valence-corrected chi connectivity index (χ2v) is 4.48. The molecule has 1 nitrogen and oxygen atoms in total. The first-order valence-electron chi connectivity index (χ1n) is 5.18. The van der Waals surface area contributed by atoms with Crippen molar-refractivity contribution in [2.24, 2.45) is 0 Å². The average molecular weight is 217 g/mol. The highest BCUT2D eigenvalue weighted by Crippen LogP contribution is 2.28. The number of hydrogen-bond donors (Lipinski definition) is 1. The fourth-order valence-corrected chi connectivity index (χ4v) is 2.55. The molecule has 0 radical (unpaired) electrons. The first-order chi connectivity index (χ1) is 7.42. The van der Waals surface area contributed by atoms with Gasteiger partial charge in [0.05, 0.1) is 0 Å². The lowest BCUT2D eigenvalue weighted by molar-refractivity contribution is 0.800. The van der Waals surface area contributed by atoms with Crippen molar-refractivity contribution in [1.82, 2.24) is 5.32 Å². The van der Waals surface area contributed by atoms with Crippen molar-refractivity contribution in [3.8, 4) is 11.1 Å². The molecule has 15 heavy (non-hydrogen) atoms. The Kier molecular flexibility index (Phi) is 3.54. The Morgan fingerprint density at radius 1 is 1.13 bits per heavy atom. The molecule has 0 fully saturated rings. The summed E-state index contributed by atoms with van der Waals surface area (Å²) in [5, 5.41) is 5.37. The van der Waals surface area contributed by atoms with Gasteiger partial charge in [0.25, 0.3) is 0 Å². The molecule has 2 aromatic rings. The van der Waals surface area contributed by atoms with Crippen molar-refractivity contribution in [3.63, 3.8) is 0 Å². The molecule has 0 aliphatic rings. The van der Waals surface area contributed by atoms with Gasteiger partial charge in [-0.15, -0.1) is 11.3 Å². The number of rotatable bonds is 4. The third kappa shape index (κ3) is 2.46. The minimum Gasteiger partial charge on any atom is -0.319 e. The zero-order chi connectivity index (χ0) is 10.5. The van der Waals surface area contributed by atoms with Gasteiger partial charge < -0.3 is 5.32 Å². The summed E-state index contributed by atoms with van der Waals surface area (Å²) in [4.78, 5) is 1.47. The lowest BCUT2D eigenvalue weighted by Crippen LogP contribution is -2.09. The summed E-state index contributed by atoms with van der Waals surface area (Å²) in [5.74, 6) is 0. The molecule has 1 aromatic carbocycles. The van der Waals surface area contributed by atoms with Crippen LogP contribution in [0.25, 0.3) is 11.1 Å². The minimum absolute atomic E-state index is 1.04. The molecule has 78 valence electrons. The summed E-state index contributed by atoms with van der Waals surface area (Å²) < 4.78 is 0. The van der Waals surface area contributed by atoms with Crippen LogP contribution in [0.2, 0.25) is 0 Å². The van der Waals surface area contributed by atoms with Crippen molar-refractivity contribution in [3.05, 3.63) is 46.7 Å². The molecule has 0 amide bonds. The van der Waals surface area contributed by atoms with Gasteiger partial charge in [-0.2, -0.15) is 0 Å². The second-order valence-electron chi connectivity index (χ2n) is 3.48. The molecule has 2 heteroatoms. The van der Waals surface area contributed by atoms with Crippen LogP contribution in [0, 0.1) is 0 Å². The van der Waals surface area contributed by atoms with Crippen LogP contribution in [0.5, 0.6) is 0 Å². The van der Waals surface area contributed by atoms with E-state index in [-0.39, 0.29) is 0 Å². The number of nitrogens with one attached hydrogen (secondary N) is 1. The van der Waals surface area contributed by atoms with Crippen LogP contribution < -0.4 is 5.32 Å². The first-order valence-corrected chi connectivity index (χ1v) is 6.06. The maximum atomic E-state index is 3.19. The molecule has 0 aliphatic carbocycles. The van der Waals surface area contributed by atoms with Crippen LogP contribution in [0.4, 0.5) is 0 Å². The smallest absolute Gasteiger partial charge is 0.0136 e. The van der Waals surface area contributed by atoms with Crippen LogP contribution in [0.15, 0.2) is 41.8 Å². The van der Waals surface area contributed by atoms with Gasteiger partial charge >= 0.3 is 0 Å². The molecule has 0 saturated heterocycles. The molecular weight excluding hydrogens is 202 g/mol. The number of thiophene rings is 1. The van der Waals surface area contributed by atoms with Crippen molar-refractivity contribution >= 4 is 11.3 Å². The average Bonchev–Trinajstić information content (AvgIpc) is 2.75. The van der Waals surface area contributed by atoms with Gasteiger partial charge in [0, 0.05) is 4.88 Å². The van der Waals surface area contributed by atoms with Gasteiger partial charge in [0.2, 0.25) is 0 Å². The van der Waals surface area contributed by atoms with E-state index in [1.54, 1.807) is 0 Å². The molecule has 0 spiro atoms. The minimum atomic E-state index is 1.04. The third-order valence-electron chi connectivity index (χ3n) is 2.43. The summed E-state index contributed by atoms with van der Waals surface area (Å²) in [7, 11) is 2.00. The molecule has 1 N–H and O–H groups in total. The van der Waals surface area contributed by atoms with E-state index in [9.17, 15) is 0 Å². The standard InChI is InChI=1S/C13H15NS/c1-14-9-7-13-12(8-10-15-13)11-5-3-2-4-6-11/h2-6,8,10,14H,7,9H2,1H3. The van der Waals surface area contributed by atoms with Crippen LogP contribution in [0.1, 0.15) is 4.88 Å². The summed E-state index contributed by atoms with van der Waals surface area (Å²) in [6, 6.07) is 12.8. The molecule has 0 atom stereocenters. The summed E-state index contributed by atoms with van der Waals surface area (Å²) in [5.41, 5.74) is 2.71. The Morgan fingerprint density at radius 3 is 2.67 bits per heavy atom. The van der Waals surface area contributed by atoms with E-state index < -0.39 is 0 Å². The van der Waals surface area contributed by atoms with Gasteiger partial charge in [-0.1, -0.05) is 30.3 Å². The second kappa shape index (κ2) is 5.10. The van der Waals surface area contributed by atoms with Gasteiger partial charge in [-0.05, 0) is 42.6 Å². The number of benzene rings is 1. The van der Waals surface area contributed by atoms with E-state index in [1.807, 2.05) is 18.4 Å². The monoisotopic (exact) mass is 217 g/mol. The van der Waals surface area contributed by atoms with E-state index in [2.05, 4.69) is 47.1 Å². The predicted molar refractivity (Wildman–Crippen MR) is 67.4 cm³/mol. The highest BCUT2D eigenvalue weighted by molar-refractivity contribution is 7.10. The third-order valence-corrected chi connectivity index (χ3v) is 3.41. The van der Waals surface area contributed by atoms with Crippen molar-refractivity contribution in [2.45, 2.75) is 6.42 Å². The molecular formula is C13H15NS. The predicted octanol–water partition coefficient (Wildman–Crippen LogP) is 3.18. The Bertz CT molecular complexity index is 405. The quantitative estimate of drug-likeness (QED) is 0.829. The highest BCUT2D eigenvalue weighted by Gasteiger charge is 2.05. The number of likely N-dealkylation sites (N-methyl/N-ethyl adjacent to an activating group) is 1. The van der Waals surface area contributed by atoms with Crippen molar-refractivity contribution in [1.29, 1.82) is 0 Å². The van der Waals surface area contributed by atoms with E-state index in [0.717, 1.165) is 13.0 Å². The molecule has 2 rings (SSSR count). The summed E-state index contributed by atoms with van der Waals surface area (Å²) >= 11 is 1.84. The van der Waals surface area contributed by atoms with E-state index >= 15 is 0 Å². The molecule has 0 bridgehead atoms. The maximum absolute atomic E-state index is 3.19. The maximum Gasteiger partial charge on any atom is 0.0136 e. The Morgan fingerprint density at radius 2 is 1.93 bits per heavy atom. The number of hydrogen-bond acceptors (Lipinski definition) is 2. The topological polar surface area (TPSA) is 12.0 Å². The lowest BCUT2D eigenvalue weighted by atomic mass is 10.1. The zero-order valence-corrected chi connectivity index (χ0v) is 9.68. The van der Waals surface area contributed by atoms with Crippen LogP contribution >= 0.6 is 11.3 Å². The SMILES string of the molecule is CNCCc1sccc1-c1ccccc1. The molecule has 1 heterocycles. The van der Waals surface area contributed by atoms with E-state index in [1.165, 1.54) is 16.0 Å². The van der Waals surface area contributed by atoms with Gasteiger partial charge in [0.15, 0.2) is 0 Å². The molecule has 0 saturated carbocycles. The zero-order valence-electron chi connectivity index (χ0n) is 8.86.